The second-order valence-electron chi connectivity index (χ2n) is 5.65. The summed E-state index contributed by atoms with van der Waals surface area (Å²) in [5, 5.41) is -0.182. The number of thioether (sulfide) groups is 1. The summed E-state index contributed by atoms with van der Waals surface area (Å²) < 4.78 is 67.7. The van der Waals surface area contributed by atoms with Crippen molar-refractivity contribution in [1.82, 2.24) is 4.31 Å². The molecule has 0 radical (unpaired) electrons. The molecule has 25 heavy (non-hydrogen) atoms. The van der Waals surface area contributed by atoms with Crippen molar-refractivity contribution in [2.24, 2.45) is 0 Å². The van der Waals surface area contributed by atoms with Gasteiger partial charge in [-0.1, -0.05) is 18.2 Å². The van der Waals surface area contributed by atoms with Crippen LogP contribution in [-0.2, 0) is 10.0 Å². The highest BCUT2D eigenvalue weighted by Gasteiger charge is 2.31. The molecule has 134 valence electrons. The lowest BCUT2D eigenvalue weighted by molar-refractivity contribution is 0.422. The first-order chi connectivity index (χ1) is 11.9. The van der Waals surface area contributed by atoms with E-state index in [1.807, 2.05) is 0 Å². The highest BCUT2D eigenvalue weighted by Crippen LogP contribution is 2.36. The Kier molecular flexibility index (Phi) is 5.41. The van der Waals surface area contributed by atoms with Gasteiger partial charge in [-0.15, -0.1) is 0 Å². The monoisotopic (exact) mass is 387 g/mol. The fourth-order valence-electron chi connectivity index (χ4n) is 2.79. The standard InChI is InChI=1S/C17H16F3NO2S2/c18-12-5-6-15(20)17(11-12)25(22,23)21-8-7-16(24-10-9-21)13-3-1-2-4-14(13)19/h1-6,11,16H,7-10H2. The van der Waals surface area contributed by atoms with Crippen LogP contribution in [0.2, 0.25) is 0 Å². The van der Waals surface area contributed by atoms with Crippen molar-refractivity contribution in [3.8, 4) is 0 Å². The Balaban J connectivity index is 1.83. The molecule has 1 fully saturated rings. The Morgan fingerprint density at radius 3 is 2.52 bits per heavy atom. The van der Waals surface area contributed by atoms with Crippen molar-refractivity contribution in [2.45, 2.75) is 16.6 Å². The molecular weight excluding hydrogens is 371 g/mol. The third-order valence-corrected chi connectivity index (χ3v) is 7.29. The van der Waals surface area contributed by atoms with Crippen molar-refractivity contribution in [3.05, 3.63) is 65.5 Å². The van der Waals surface area contributed by atoms with Crippen molar-refractivity contribution in [2.75, 3.05) is 18.8 Å². The number of hydrogen-bond donors (Lipinski definition) is 0. The first kappa shape index (κ1) is 18.3. The molecule has 0 bridgehead atoms. The summed E-state index contributed by atoms with van der Waals surface area (Å²) in [6, 6.07) is 8.76. The van der Waals surface area contributed by atoms with Crippen LogP contribution in [0.3, 0.4) is 0 Å². The highest BCUT2D eigenvalue weighted by molar-refractivity contribution is 7.99. The van der Waals surface area contributed by atoms with Crippen LogP contribution in [0, 0.1) is 17.5 Å². The Labute approximate surface area is 148 Å². The predicted octanol–water partition coefficient (Wildman–Crippen LogP) is 3.97. The maximum absolute atomic E-state index is 14.0. The van der Waals surface area contributed by atoms with Gasteiger partial charge in [-0.3, -0.25) is 0 Å². The second-order valence-corrected chi connectivity index (χ2v) is 8.87. The number of sulfonamides is 1. The van der Waals surface area contributed by atoms with Crippen LogP contribution in [0.25, 0.3) is 0 Å². The Bertz CT molecular complexity index is 874. The molecule has 3 nitrogen and oxygen atoms in total. The third kappa shape index (κ3) is 3.86. The number of hydrogen-bond acceptors (Lipinski definition) is 3. The van der Waals surface area contributed by atoms with Gasteiger partial charge in [0.2, 0.25) is 10.0 Å². The fourth-order valence-corrected chi connectivity index (χ4v) is 5.69. The van der Waals surface area contributed by atoms with Gasteiger partial charge in [0.1, 0.15) is 22.3 Å². The summed E-state index contributed by atoms with van der Waals surface area (Å²) in [7, 11) is -4.14. The summed E-state index contributed by atoms with van der Waals surface area (Å²) in [5.74, 6) is -1.68. The summed E-state index contributed by atoms with van der Waals surface area (Å²) in [5.41, 5.74) is 0.531. The van der Waals surface area contributed by atoms with Gasteiger partial charge >= 0.3 is 0 Å². The molecule has 0 aliphatic carbocycles. The Morgan fingerprint density at radius 1 is 1.00 bits per heavy atom. The van der Waals surface area contributed by atoms with Gasteiger partial charge in [0.15, 0.2) is 0 Å². The zero-order valence-electron chi connectivity index (χ0n) is 13.2. The Morgan fingerprint density at radius 2 is 1.76 bits per heavy atom. The minimum Gasteiger partial charge on any atom is -0.207 e. The highest BCUT2D eigenvalue weighted by atomic mass is 32.2. The minimum atomic E-state index is -4.14. The van der Waals surface area contributed by atoms with Gasteiger partial charge < -0.3 is 0 Å². The maximum atomic E-state index is 14.0. The lowest BCUT2D eigenvalue weighted by Gasteiger charge is -2.20. The van der Waals surface area contributed by atoms with Gasteiger partial charge in [0.25, 0.3) is 0 Å². The average molecular weight is 387 g/mol. The molecule has 1 saturated heterocycles. The normalized spacial score (nSPS) is 19.6. The average Bonchev–Trinajstić information content (AvgIpc) is 2.84. The van der Waals surface area contributed by atoms with Gasteiger partial charge in [-0.25, -0.2) is 21.6 Å². The number of benzene rings is 2. The van der Waals surface area contributed by atoms with E-state index in [-0.39, 0.29) is 24.2 Å². The molecule has 2 aromatic carbocycles. The third-order valence-electron chi connectivity index (χ3n) is 4.06. The van der Waals surface area contributed by atoms with Crippen molar-refractivity contribution in [1.29, 1.82) is 0 Å². The molecule has 8 heteroatoms. The summed E-state index contributed by atoms with van der Waals surface area (Å²) in [6.45, 7) is 0.276. The number of rotatable bonds is 3. The van der Waals surface area contributed by atoms with E-state index in [0.29, 0.717) is 23.8 Å². The van der Waals surface area contributed by atoms with Gasteiger partial charge in [0, 0.05) is 29.7 Å². The van der Waals surface area contributed by atoms with E-state index >= 15 is 0 Å². The molecule has 1 aliphatic rings. The number of halogens is 3. The van der Waals surface area contributed by atoms with E-state index in [9.17, 15) is 21.6 Å². The molecule has 0 spiro atoms. The van der Waals surface area contributed by atoms with Crippen molar-refractivity contribution in [3.63, 3.8) is 0 Å². The molecule has 0 amide bonds. The van der Waals surface area contributed by atoms with Crippen LogP contribution >= 0.6 is 11.8 Å². The molecule has 0 saturated carbocycles. The number of nitrogens with zero attached hydrogens (tertiary/aromatic N) is 1. The van der Waals surface area contributed by atoms with Crippen LogP contribution in [0.5, 0.6) is 0 Å². The summed E-state index contributed by atoms with van der Waals surface area (Å²) >= 11 is 1.46. The largest absolute Gasteiger partial charge is 0.246 e. The predicted molar refractivity (Wildman–Crippen MR) is 91.3 cm³/mol. The van der Waals surface area contributed by atoms with Crippen LogP contribution < -0.4 is 0 Å². The SMILES string of the molecule is O=S(=O)(c1cc(F)ccc1F)N1CCSC(c2ccccc2F)CC1. The van der Waals surface area contributed by atoms with Gasteiger partial charge in [0.05, 0.1) is 0 Å². The van der Waals surface area contributed by atoms with Crippen molar-refractivity contribution < 1.29 is 21.6 Å². The topological polar surface area (TPSA) is 37.4 Å². The van der Waals surface area contributed by atoms with Crippen LogP contribution in [-0.4, -0.2) is 31.6 Å². The van der Waals surface area contributed by atoms with E-state index in [4.69, 9.17) is 0 Å². The molecule has 2 aromatic rings. The van der Waals surface area contributed by atoms with Gasteiger partial charge in [-0.2, -0.15) is 16.1 Å². The Hall–Kier alpha value is -1.51. The molecule has 1 heterocycles. The molecule has 0 N–H and O–H groups in total. The first-order valence-corrected chi connectivity index (χ1v) is 10.2. The van der Waals surface area contributed by atoms with E-state index in [2.05, 4.69) is 0 Å². The molecule has 3 rings (SSSR count). The zero-order valence-corrected chi connectivity index (χ0v) is 14.8. The van der Waals surface area contributed by atoms with E-state index in [1.54, 1.807) is 18.2 Å². The summed E-state index contributed by atoms with van der Waals surface area (Å²) in [4.78, 5) is -0.665. The lowest BCUT2D eigenvalue weighted by Crippen LogP contribution is -2.33. The van der Waals surface area contributed by atoms with E-state index in [0.717, 1.165) is 16.4 Å². The first-order valence-electron chi connectivity index (χ1n) is 7.71. The molecule has 0 aromatic heterocycles. The molecular formula is C17H16F3NO2S2. The fraction of sp³-hybridized carbons (Fsp3) is 0.294. The van der Waals surface area contributed by atoms with Gasteiger partial charge in [-0.05, 0) is 30.7 Å². The quantitative estimate of drug-likeness (QED) is 0.800. The molecule has 1 atom stereocenters. The lowest BCUT2D eigenvalue weighted by atomic mass is 10.1. The summed E-state index contributed by atoms with van der Waals surface area (Å²) in [6.07, 6.45) is 0.391. The smallest absolute Gasteiger partial charge is 0.207 e. The van der Waals surface area contributed by atoms with Crippen LogP contribution in [0.1, 0.15) is 17.2 Å². The van der Waals surface area contributed by atoms with E-state index < -0.39 is 26.6 Å². The molecule has 1 aliphatic heterocycles. The molecule has 1 unspecified atom stereocenters. The zero-order chi connectivity index (χ0) is 18.0. The second kappa shape index (κ2) is 7.39. The van der Waals surface area contributed by atoms with E-state index in [1.165, 1.54) is 17.8 Å². The van der Waals surface area contributed by atoms with Crippen molar-refractivity contribution >= 4 is 21.8 Å². The van der Waals surface area contributed by atoms with Crippen LogP contribution in [0.4, 0.5) is 13.2 Å². The maximum Gasteiger partial charge on any atom is 0.246 e. The minimum absolute atomic E-state index is 0.115. The van der Waals surface area contributed by atoms with Crippen LogP contribution in [0.15, 0.2) is 47.4 Å².